The fourth-order valence-electron chi connectivity index (χ4n) is 2.83. The van der Waals surface area contributed by atoms with Crippen molar-refractivity contribution in [1.29, 1.82) is 0 Å². The van der Waals surface area contributed by atoms with E-state index in [4.69, 9.17) is 9.15 Å². The first-order valence-electron chi connectivity index (χ1n) is 9.44. The van der Waals surface area contributed by atoms with Crippen molar-refractivity contribution >= 4 is 22.9 Å². The number of ether oxygens (including phenoxy) is 1. The van der Waals surface area contributed by atoms with Gasteiger partial charge in [-0.1, -0.05) is 31.2 Å². The lowest BCUT2D eigenvalue weighted by Gasteiger charge is -2.09. The second-order valence-corrected chi connectivity index (χ2v) is 6.47. The molecule has 0 unspecified atom stereocenters. The van der Waals surface area contributed by atoms with Crippen LogP contribution in [0.5, 0.6) is 5.75 Å². The topological polar surface area (TPSA) is 103 Å². The lowest BCUT2D eigenvalue weighted by molar-refractivity contribution is -0.130. The molecular formula is C21H23N3O5. The molecule has 0 aliphatic carbocycles. The average Bonchev–Trinajstić information content (AvgIpc) is 3.06. The van der Waals surface area contributed by atoms with E-state index in [2.05, 4.69) is 17.8 Å². The third-order valence-electron chi connectivity index (χ3n) is 4.40. The number of carbonyl (C=O) groups is 2. The summed E-state index contributed by atoms with van der Waals surface area (Å²) in [5.41, 5.74) is 7.03. The Balaban J connectivity index is 1.37. The molecule has 29 heavy (non-hydrogen) atoms. The van der Waals surface area contributed by atoms with Gasteiger partial charge in [0.2, 0.25) is 5.91 Å². The number of hydrazine groups is 1. The molecule has 8 nitrogen and oxygen atoms in total. The maximum absolute atomic E-state index is 11.9. The zero-order chi connectivity index (χ0) is 20.6. The molecule has 3 rings (SSSR count). The van der Waals surface area contributed by atoms with Gasteiger partial charge in [-0.15, -0.1) is 0 Å². The van der Waals surface area contributed by atoms with Gasteiger partial charge in [0.1, 0.15) is 5.75 Å². The van der Waals surface area contributed by atoms with Crippen LogP contribution < -0.4 is 21.3 Å². The maximum atomic E-state index is 11.9. The molecule has 2 aromatic carbocycles. The Kier molecular flexibility index (Phi) is 6.67. The van der Waals surface area contributed by atoms with Crippen molar-refractivity contribution in [3.8, 4) is 5.75 Å². The van der Waals surface area contributed by atoms with Crippen LogP contribution in [0.15, 0.2) is 57.7 Å². The number of hydrogen-bond acceptors (Lipinski definition) is 5. The van der Waals surface area contributed by atoms with Gasteiger partial charge in [0.15, 0.2) is 12.2 Å². The summed E-state index contributed by atoms with van der Waals surface area (Å²) in [6, 6.07) is 14.6. The first kappa shape index (κ1) is 20.2. The third kappa shape index (κ3) is 5.47. The summed E-state index contributed by atoms with van der Waals surface area (Å²) in [7, 11) is 0. The summed E-state index contributed by atoms with van der Waals surface area (Å²) < 4.78 is 12.0. The molecule has 0 saturated heterocycles. The molecule has 0 bridgehead atoms. The summed E-state index contributed by atoms with van der Waals surface area (Å²) >= 11 is 0. The highest BCUT2D eigenvalue weighted by atomic mass is 16.5. The van der Waals surface area contributed by atoms with Crippen LogP contribution in [0.2, 0.25) is 0 Å². The predicted octanol–water partition coefficient (Wildman–Crippen LogP) is 2.16. The van der Waals surface area contributed by atoms with Crippen LogP contribution in [0, 0.1) is 0 Å². The molecule has 1 heterocycles. The minimum Gasteiger partial charge on any atom is -0.484 e. The second kappa shape index (κ2) is 9.59. The van der Waals surface area contributed by atoms with Crippen LogP contribution in [0.3, 0.4) is 0 Å². The van der Waals surface area contributed by atoms with Crippen molar-refractivity contribution in [1.82, 2.24) is 15.4 Å². The van der Waals surface area contributed by atoms with Gasteiger partial charge in [-0.2, -0.15) is 0 Å². The van der Waals surface area contributed by atoms with Crippen molar-refractivity contribution in [2.75, 3.05) is 6.61 Å². The summed E-state index contributed by atoms with van der Waals surface area (Å²) in [6.07, 6.45) is 1.50. The summed E-state index contributed by atoms with van der Waals surface area (Å²) in [4.78, 5) is 35.6. The molecule has 0 spiro atoms. The van der Waals surface area contributed by atoms with Crippen molar-refractivity contribution in [2.24, 2.45) is 0 Å². The Morgan fingerprint density at radius 3 is 2.52 bits per heavy atom. The van der Waals surface area contributed by atoms with Gasteiger partial charge < -0.3 is 9.15 Å². The molecule has 8 heteroatoms. The lowest BCUT2D eigenvalue weighted by Crippen LogP contribution is -2.43. The number of nitrogens with zero attached hydrogens (tertiary/aromatic N) is 1. The Morgan fingerprint density at radius 2 is 1.76 bits per heavy atom. The van der Waals surface area contributed by atoms with Gasteiger partial charge in [-0.05, 0) is 42.7 Å². The molecule has 0 fully saturated rings. The van der Waals surface area contributed by atoms with Crippen molar-refractivity contribution in [2.45, 2.75) is 32.7 Å². The number of aromatic nitrogens is 1. The van der Waals surface area contributed by atoms with E-state index in [1.54, 1.807) is 30.3 Å². The normalized spacial score (nSPS) is 10.7. The van der Waals surface area contributed by atoms with Gasteiger partial charge in [-0.3, -0.25) is 25.0 Å². The van der Waals surface area contributed by atoms with Gasteiger partial charge >= 0.3 is 5.76 Å². The number of fused-ring (bicyclic) bond motifs is 1. The fourth-order valence-corrected chi connectivity index (χ4v) is 2.83. The molecule has 0 aliphatic heterocycles. The highest BCUT2D eigenvalue weighted by Gasteiger charge is 2.10. The molecule has 152 valence electrons. The standard InChI is InChI=1S/C21H23N3O5/c1-2-15-9-11-16(12-10-15)28-14-20(26)23-22-19(25)8-5-13-24-17-6-3-4-7-18(17)29-21(24)27/h3-4,6-7,9-12H,2,5,8,13-14H2,1H3,(H,22,25)(H,23,26). The predicted molar refractivity (Wildman–Crippen MR) is 107 cm³/mol. The molecule has 1 aromatic heterocycles. The number of aryl methyl sites for hydroxylation is 2. The smallest absolute Gasteiger partial charge is 0.419 e. The fraction of sp³-hybridized carbons (Fsp3) is 0.286. The zero-order valence-electron chi connectivity index (χ0n) is 16.1. The minimum absolute atomic E-state index is 0.144. The molecule has 0 radical (unpaired) electrons. The van der Waals surface area contributed by atoms with E-state index in [0.717, 1.165) is 6.42 Å². The van der Waals surface area contributed by atoms with Crippen LogP contribution in [-0.4, -0.2) is 23.0 Å². The summed E-state index contributed by atoms with van der Waals surface area (Å²) in [6.45, 7) is 2.19. The number of hydrogen-bond donors (Lipinski definition) is 2. The third-order valence-corrected chi connectivity index (χ3v) is 4.40. The van der Waals surface area contributed by atoms with Crippen molar-refractivity contribution in [3.63, 3.8) is 0 Å². The Labute approximate surface area is 167 Å². The van der Waals surface area contributed by atoms with Gasteiger partial charge in [0.25, 0.3) is 5.91 Å². The number of carbonyl (C=O) groups excluding carboxylic acids is 2. The Hall–Kier alpha value is -3.55. The van der Waals surface area contributed by atoms with Gasteiger partial charge in [-0.25, -0.2) is 4.79 Å². The maximum Gasteiger partial charge on any atom is 0.419 e. The van der Waals surface area contributed by atoms with Crippen molar-refractivity contribution in [3.05, 3.63) is 64.6 Å². The van der Waals surface area contributed by atoms with Crippen LogP contribution in [0.4, 0.5) is 0 Å². The van der Waals surface area contributed by atoms with E-state index in [1.165, 1.54) is 10.1 Å². The number of amides is 2. The highest BCUT2D eigenvalue weighted by Crippen LogP contribution is 2.13. The minimum atomic E-state index is -0.463. The quantitative estimate of drug-likeness (QED) is 0.567. The monoisotopic (exact) mass is 397 g/mol. The number of nitrogens with one attached hydrogen (secondary N) is 2. The molecule has 0 aliphatic rings. The van der Waals surface area contributed by atoms with E-state index in [0.29, 0.717) is 29.8 Å². The average molecular weight is 397 g/mol. The van der Waals surface area contributed by atoms with Crippen LogP contribution in [0.1, 0.15) is 25.3 Å². The molecule has 0 atom stereocenters. The van der Waals surface area contributed by atoms with Crippen LogP contribution in [0.25, 0.3) is 11.1 Å². The zero-order valence-corrected chi connectivity index (χ0v) is 16.1. The van der Waals surface area contributed by atoms with E-state index in [-0.39, 0.29) is 18.9 Å². The van der Waals surface area contributed by atoms with E-state index >= 15 is 0 Å². The summed E-state index contributed by atoms with van der Waals surface area (Å²) in [5.74, 6) is -0.688. The number of para-hydroxylation sites is 2. The molecule has 0 saturated carbocycles. The van der Waals surface area contributed by atoms with Gasteiger partial charge in [0.05, 0.1) is 5.52 Å². The van der Waals surface area contributed by atoms with Crippen LogP contribution in [-0.2, 0) is 22.6 Å². The molecule has 2 N–H and O–H groups in total. The lowest BCUT2D eigenvalue weighted by atomic mass is 10.2. The first-order chi connectivity index (χ1) is 14.1. The van der Waals surface area contributed by atoms with Crippen molar-refractivity contribution < 1.29 is 18.7 Å². The molecular weight excluding hydrogens is 374 g/mol. The Morgan fingerprint density at radius 1 is 1.03 bits per heavy atom. The Bertz CT molecular complexity index is 1040. The SMILES string of the molecule is CCc1ccc(OCC(=O)NNC(=O)CCCn2c(=O)oc3ccccc32)cc1. The van der Waals surface area contributed by atoms with E-state index in [9.17, 15) is 14.4 Å². The number of rotatable bonds is 8. The van der Waals surface area contributed by atoms with Gasteiger partial charge in [0, 0.05) is 13.0 Å². The highest BCUT2D eigenvalue weighted by molar-refractivity contribution is 5.82. The second-order valence-electron chi connectivity index (χ2n) is 6.47. The van der Waals surface area contributed by atoms with E-state index in [1.807, 2.05) is 18.2 Å². The number of benzene rings is 2. The largest absolute Gasteiger partial charge is 0.484 e. The first-order valence-corrected chi connectivity index (χ1v) is 9.44. The molecule has 2 amide bonds. The van der Waals surface area contributed by atoms with Crippen LogP contribution >= 0.6 is 0 Å². The number of oxazole rings is 1. The van der Waals surface area contributed by atoms with E-state index < -0.39 is 11.7 Å². The molecule has 3 aromatic rings. The summed E-state index contributed by atoms with van der Waals surface area (Å²) in [5, 5.41) is 0.